The number of aromatic amines is 1. The van der Waals surface area contributed by atoms with Crippen molar-refractivity contribution in [2.75, 3.05) is 13.7 Å². The van der Waals surface area contributed by atoms with Crippen LogP contribution in [0.25, 0.3) is 0 Å². The third kappa shape index (κ3) is 3.90. The zero-order valence-electron chi connectivity index (χ0n) is 15.8. The minimum absolute atomic E-state index is 0.0238. The average molecular weight is 371 g/mol. The van der Waals surface area contributed by atoms with Crippen LogP contribution >= 0.6 is 0 Å². The molecule has 5 nitrogen and oxygen atoms in total. The van der Waals surface area contributed by atoms with Crippen molar-refractivity contribution >= 4 is 0 Å². The fourth-order valence-corrected chi connectivity index (χ4v) is 4.28. The number of hydrogen-bond donors (Lipinski definition) is 1. The van der Waals surface area contributed by atoms with Gasteiger partial charge in [0.25, 0.3) is 5.56 Å². The number of methoxy groups -OCH3 is 1. The van der Waals surface area contributed by atoms with Crippen LogP contribution in [0.5, 0.6) is 5.75 Å². The first-order chi connectivity index (χ1) is 13.1. The molecule has 0 spiro atoms. The highest BCUT2D eigenvalue weighted by Gasteiger charge is 2.24. The van der Waals surface area contributed by atoms with Crippen LogP contribution in [0.4, 0.5) is 4.39 Å². The predicted octanol–water partition coefficient (Wildman–Crippen LogP) is 3.52. The van der Waals surface area contributed by atoms with Crippen LogP contribution in [-0.4, -0.2) is 28.5 Å². The van der Waals surface area contributed by atoms with Gasteiger partial charge in [-0.25, -0.2) is 9.37 Å². The number of H-pyrrole nitrogens is 1. The minimum Gasteiger partial charge on any atom is -0.494 e. The van der Waals surface area contributed by atoms with Gasteiger partial charge in [-0.05, 0) is 37.0 Å². The molecular formula is C21H26FN3O2. The summed E-state index contributed by atoms with van der Waals surface area (Å²) in [5.74, 6) is 1.15. The molecule has 0 atom stereocenters. The van der Waals surface area contributed by atoms with Gasteiger partial charge in [-0.15, -0.1) is 0 Å². The van der Waals surface area contributed by atoms with E-state index in [1.807, 2.05) is 6.07 Å². The van der Waals surface area contributed by atoms with Crippen molar-refractivity contribution in [2.45, 2.75) is 57.5 Å². The van der Waals surface area contributed by atoms with Crippen molar-refractivity contribution in [3.8, 4) is 5.75 Å². The molecule has 1 aliphatic carbocycles. The summed E-state index contributed by atoms with van der Waals surface area (Å²) in [6.07, 6.45) is 6.59. The first-order valence-electron chi connectivity index (χ1n) is 9.81. The molecule has 0 radical (unpaired) electrons. The summed E-state index contributed by atoms with van der Waals surface area (Å²) in [5, 5.41) is 0. The Morgan fingerprint density at radius 3 is 2.85 bits per heavy atom. The quantitative estimate of drug-likeness (QED) is 0.893. The van der Waals surface area contributed by atoms with Crippen molar-refractivity contribution in [2.24, 2.45) is 0 Å². The van der Waals surface area contributed by atoms with Gasteiger partial charge in [-0.3, -0.25) is 9.69 Å². The number of halogens is 1. The molecule has 2 heterocycles. The molecule has 0 amide bonds. The van der Waals surface area contributed by atoms with Crippen LogP contribution in [0.2, 0.25) is 0 Å². The molecule has 2 aromatic rings. The summed E-state index contributed by atoms with van der Waals surface area (Å²) in [5.41, 5.74) is 2.62. The highest BCUT2D eigenvalue weighted by atomic mass is 19.1. The normalized spacial score (nSPS) is 18.3. The number of benzene rings is 1. The van der Waals surface area contributed by atoms with Crippen molar-refractivity contribution in [1.29, 1.82) is 0 Å². The molecule has 1 aliphatic heterocycles. The van der Waals surface area contributed by atoms with E-state index in [9.17, 15) is 9.18 Å². The topological polar surface area (TPSA) is 58.2 Å². The Morgan fingerprint density at radius 2 is 2.11 bits per heavy atom. The predicted molar refractivity (Wildman–Crippen MR) is 101 cm³/mol. The van der Waals surface area contributed by atoms with E-state index in [-0.39, 0.29) is 17.1 Å². The largest absolute Gasteiger partial charge is 0.494 e. The summed E-state index contributed by atoms with van der Waals surface area (Å²) in [7, 11) is 1.47. The Bertz CT molecular complexity index is 874. The summed E-state index contributed by atoms with van der Waals surface area (Å²) in [4.78, 5) is 22.6. The molecular weight excluding hydrogens is 345 g/mol. The molecule has 27 heavy (non-hydrogen) atoms. The smallest absolute Gasteiger partial charge is 0.254 e. The Labute approximate surface area is 158 Å². The summed E-state index contributed by atoms with van der Waals surface area (Å²) in [6, 6.07) is 5.07. The molecule has 0 saturated heterocycles. The molecule has 0 bridgehead atoms. The molecule has 1 saturated carbocycles. The lowest BCUT2D eigenvalue weighted by Gasteiger charge is -2.29. The van der Waals surface area contributed by atoms with E-state index in [0.29, 0.717) is 25.4 Å². The molecule has 1 fully saturated rings. The highest BCUT2D eigenvalue weighted by Crippen LogP contribution is 2.31. The van der Waals surface area contributed by atoms with Gasteiger partial charge in [0.2, 0.25) is 0 Å². The van der Waals surface area contributed by atoms with Gasteiger partial charge in [-0.2, -0.15) is 0 Å². The summed E-state index contributed by atoms with van der Waals surface area (Å²) in [6.45, 7) is 2.04. The third-order valence-corrected chi connectivity index (χ3v) is 5.79. The maximum atomic E-state index is 14.0. The Balaban J connectivity index is 1.52. The molecule has 4 rings (SSSR count). The number of nitrogens with one attached hydrogen (secondary N) is 1. The van der Waals surface area contributed by atoms with Crippen LogP contribution in [0, 0.1) is 5.82 Å². The van der Waals surface area contributed by atoms with Gasteiger partial charge < -0.3 is 9.72 Å². The number of aromatic nitrogens is 2. The monoisotopic (exact) mass is 371 g/mol. The second-order valence-electron chi connectivity index (χ2n) is 7.64. The SMILES string of the molecule is COc1ccc(CN2CCc3c(nc(C4CCCCC4)[nH]c3=O)C2)cc1F. The summed E-state index contributed by atoms with van der Waals surface area (Å²) < 4.78 is 18.9. The van der Waals surface area contributed by atoms with Crippen LogP contribution in [0.15, 0.2) is 23.0 Å². The van der Waals surface area contributed by atoms with Crippen molar-refractivity contribution in [1.82, 2.24) is 14.9 Å². The van der Waals surface area contributed by atoms with Gasteiger partial charge in [-0.1, -0.05) is 25.3 Å². The maximum Gasteiger partial charge on any atom is 0.254 e. The van der Waals surface area contributed by atoms with Crippen LogP contribution < -0.4 is 10.3 Å². The molecule has 2 aliphatic rings. The number of fused-ring (bicyclic) bond motifs is 1. The standard InChI is InChI=1S/C21H26FN3O2/c1-27-19-8-7-14(11-17(19)22)12-25-10-9-16-18(13-25)23-20(24-21(16)26)15-5-3-2-4-6-15/h7-8,11,15H,2-6,9-10,12-13H2,1H3,(H,23,24,26). The molecule has 1 aromatic heterocycles. The lowest BCUT2D eigenvalue weighted by molar-refractivity contribution is 0.239. The van der Waals surface area contributed by atoms with E-state index in [0.717, 1.165) is 42.0 Å². The lowest BCUT2D eigenvalue weighted by atomic mass is 9.88. The fraction of sp³-hybridized carbons (Fsp3) is 0.524. The molecule has 0 unspecified atom stereocenters. The third-order valence-electron chi connectivity index (χ3n) is 5.79. The van der Waals surface area contributed by atoms with Gasteiger partial charge in [0.15, 0.2) is 11.6 Å². The zero-order chi connectivity index (χ0) is 18.8. The van der Waals surface area contributed by atoms with Gasteiger partial charge >= 0.3 is 0 Å². The van der Waals surface area contributed by atoms with Crippen molar-refractivity contribution < 1.29 is 9.13 Å². The van der Waals surface area contributed by atoms with E-state index in [1.54, 1.807) is 6.07 Å². The van der Waals surface area contributed by atoms with Gasteiger partial charge in [0.05, 0.1) is 12.8 Å². The highest BCUT2D eigenvalue weighted by molar-refractivity contribution is 5.29. The molecule has 1 aromatic carbocycles. The van der Waals surface area contributed by atoms with Gasteiger partial charge in [0.1, 0.15) is 5.82 Å². The second kappa shape index (κ2) is 7.80. The zero-order valence-corrected chi connectivity index (χ0v) is 15.8. The Morgan fingerprint density at radius 1 is 1.30 bits per heavy atom. The minimum atomic E-state index is -0.346. The average Bonchev–Trinajstić information content (AvgIpc) is 2.68. The van der Waals surface area contributed by atoms with Crippen LogP contribution in [0.1, 0.15) is 60.7 Å². The van der Waals surface area contributed by atoms with Crippen molar-refractivity contribution in [3.63, 3.8) is 0 Å². The van der Waals surface area contributed by atoms with E-state index >= 15 is 0 Å². The number of nitrogens with zero attached hydrogens (tertiary/aromatic N) is 2. The first kappa shape index (κ1) is 18.2. The van der Waals surface area contributed by atoms with E-state index in [1.165, 1.54) is 32.4 Å². The van der Waals surface area contributed by atoms with Gasteiger partial charge in [0, 0.05) is 31.1 Å². The lowest BCUT2D eigenvalue weighted by Crippen LogP contribution is -2.35. The number of rotatable bonds is 4. The Kier molecular flexibility index (Phi) is 5.25. The number of ether oxygens (including phenoxy) is 1. The van der Waals surface area contributed by atoms with Crippen LogP contribution in [-0.2, 0) is 19.5 Å². The molecule has 6 heteroatoms. The van der Waals surface area contributed by atoms with Crippen molar-refractivity contribution in [3.05, 3.63) is 57.0 Å². The fourth-order valence-electron chi connectivity index (χ4n) is 4.28. The summed E-state index contributed by atoms with van der Waals surface area (Å²) >= 11 is 0. The maximum absolute atomic E-state index is 14.0. The van der Waals surface area contributed by atoms with E-state index in [2.05, 4.69) is 9.88 Å². The van der Waals surface area contributed by atoms with E-state index < -0.39 is 0 Å². The Hall–Kier alpha value is -2.21. The second-order valence-corrected chi connectivity index (χ2v) is 7.64. The van der Waals surface area contributed by atoms with Crippen LogP contribution in [0.3, 0.4) is 0 Å². The molecule has 144 valence electrons. The first-order valence-corrected chi connectivity index (χ1v) is 9.81. The molecule has 1 N–H and O–H groups in total. The van der Waals surface area contributed by atoms with E-state index in [4.69, 9.17) is 9.72 Å². The number of hydrogen-bond acceptors (Lipinski definition) is 4.